The van der Waals surface area contributed by atoms with Crippen LogP contribution in [0.3, 0.4) is 0 Å². The van der Waals surface area contributed by atoms with E-state index in [1.54, 1.807) is 0 Å². The van der Waals surface area contributed by atoms with Crippen LogP contribution in [-0.2, 0) is 6.42 Å². The van der Waals surface area contributed by atoms with Gasteiger partial charge in [0.15, 0.2) is 0 Å². The van der Waals surface area contributed by atoms with Crippen molar-refractivity contribution >= 4 is 27.3 Å². The topological polar surface area (TPSA) is 12.0 Å². The number of halogens is 1. The molecule has 0 aliphatic carbocycles. The first kappa shape index (κ1) is 11.2. The second-order valence-corrected chi connectivity index (χ2v) is 5.67. The molecule has 13 heavy (non-hydrogen) atoms. The number of thiophene rings is 1. The van der Waals surface area contributed by atoms with Crippen LogP contribution in [0, 0.1) is 6.92 Å². The van der Waals surface area contributed by atoms with Gasteiger partial charge in [-0.2, -0.15) is 0 Å². The standard InChI is InChI=1S/C10H16BrNS/c1-7(2)12-5-4-9-6-10(11)8(3)13-9/h6-7,12H,4-5H2,1-3H3. The van der Waals surface area contributed by atoms with Gasteiger partial charge in [-0.1, -0.05) is 13.8 Å². The first-order valence-electron chi connectivity index (χ1n) is 4.58. The SMILES string of the molecule is Cc1sc(CCNC(C)C)cc1Br. The zero-order chi connectivity index (χ0) is 9.84. The summed E-state index contributed by atoms with van der Waals surface area (Å²) >= 11 is 5.41. The van der Waals surface area contributed by atoms with Gasteiger partial charge in [-0.25, -0.2) is 0 Å². The quantitative estimate of drug-likeness (QED) is 0.877. The molecule has 0 unspecified atom stereocenters. The van der Waals surface area contributed by atoms with Crippen molar-refractivity contribution < 1.29 is 0 Å². The third-order valence-electron chi connectivity index (χ3n) is 1.83. The van der Waals surface area contributed by atoms with Gasteiger partial charge >= 0.3 is 0 Å². The summed E-state index contributed by atoms with van der Waals surface area (Å²) < 4.78 is 1.25. The van der Waals surface area contributed by atoms with Crippen molar-refractivity contribution in [3.8, 4) is 0 Å². The Bertz CT molecular complexity index is 248. The van der Waals surface area contributed by atoms with E-state index in [2.05, 4.69) is 48.1 Å². The van der Waals surface area contributed by atoms with Crippen LogP contribution >= 0.6 is 27.3 Å². The van der Waals surface area contributed by atoms with Crippen LogP contribution in [0.2, 0.25) is 0 Å². The highest BCUT2D eigenvalue weighted by Crippen LogP contribution is 2.26. The Hall–Kier alpha value is 0.140. The third kappa shape index (κ3) is 3.79. The van der Waals surface area contributed by atoms with Gasteiger partial charge in [0.25, 0.3) is 0 Å². The highest BCUT2D eigenvalue weighted by molar-refractivity contribution is 9.10. The molecule has 0 saturated carbocycles. The van der Waals surface area contributed by atoms with E-state index < -0.39 is 0 Å². The molecule has 1 nitrogen and oxygen atoms in total. The van der Waals surface area contributed by atoms with E-state index in [9.17, 15) is 0 Å². The van der Waals surface area contributed by atoms with E-state index >= 15 is 0 Å². The summed E-state index contributed by atoms with van der Waals surface area (Å²) in [5.74, 6) is 0. The monoisotopic (exact) mass is 261 g/mol. The minimum Gasteiger partial charge on any atom is -0.314 e. The van der Waals surface area contributed by atoms with E-state index in [0.29, 0.717) is 6.04 Å². The summed E-state index contributed by atoms with van der Waals surface area (Å²) in [4.78, 5) is 2.83. The van der Waals surface area contributed by atoms with Gasteiger partial charge in [0.1, 0.15) is 0 Å². The minimum absolute atomic E-state index is 0.587. The zero-order valence-corrected chi connectivity index (χ0v) is 10.8. The van der Waals surface area contributed by atoms with Crippen molar-refractivity contribution in [1.29, 1.82) is 0 Å². The number of nitrogens with one attached hydrogen (secondary N) is 1. The number of aryl methyl sites for hydroxylation is 1. The lowest BCUT2D eigenvalue weighted by atomic mass is 10.3. The third-order valence-corrected chi connectivity index (χ3v) is 4.03. The predicted molar refractivity (Wildman–Crippen MR) is 63.6 cm³/mol. The Labute approximate surface area is 92.7 Å². The minimum atomic E-state index is 0.587. The smallest absolute Gasteiger partial charge is 0.0314 e. The molecular formula is C10H16BrNS. The van der Waals surface area contributed by atoms with E-state index in [-0.39, 0.29) is 0 Å². The molecule has 0 spiro atoms. The molecular weight excluding hydrogens is 246 g/mol. The number of rotatable bonds is 4. The molecule has 0 fully saturated rings. The Balaban J connectivity index is 2.37. The molecule has 0 bridgehead atoms. The lowest BCUT2D eigenvalue weighted by Gasteiger charge is -2.05. The van der Waals surface area contributed by atoms with Crippen molar-refractivity contribution in [2.75, 3.05) is 6.54 Å². The molecule has 3 heteroatoms. The van der Waals surface area contributed by atoms with Gasteiger partial charge in [-0.05, 0) is 35.3 Å². The molecule has 0 atom stereocenters. The largest absolute Gasteiger partial charge is 0.314 e. The molecule has 1 heterocycles. The van der Waals surface area contributed by atoms with E-state index in [0.717, 1.165) is 13.0 Å². The second-order valence-electron chi connectivity index (χ2n) is 3.48. The first-order chi connectivity index (χ1) is 6.09. The van der Waals surface area contributed by atoms with Gasteiger partial charge in [-0.15, -0.1) is 11.3 Å². The van der Waals surface area contributed by atoms with Crippen molar-refractivity contribution in [3.63, 3.8) is 0 Å². The van der Waals surface area contributed by atoms with Crippen molar-refractivity contribution in [2.24, 2.45) is 0 Å². The molecule has 0 amide bonds. The van der Waals surface area contributed by atoms with Crippen molar-refractivity contribution in [3.05, 3.63) is 20.3 Å². The fraction of sp³-hybridized carbons (Fsp3) is 0.600. The Morgan fingerprint density at radius 1 is 1.54 bits per heavy atom. The van der Waals surface area contributed by atoms with Crippen LogP contribution < -0.4 is 5.32 Å². The summed E-state index contributed by atoms with van der Waals surface area (Å²) in [7, 11) is 0. The maximum absolute atomic E-state index is 3.53. The molecule has 0 aliphatic heterocycles. The summed E-state index contributed by atoms with van der Waals surface area (Å²) in [5, 5.41) is 3.41. The maximum Gasteiger partial charge on any atom is 0.0314 e. The summed E-state index contributed by atoms with van der Waals surface area (Å²) in [6.07, 6.45) is 1.13. The van der Waals surface area contributed by atoms with Crippen molar-refractivity contribution in [1.82, 2.24) is 5.32 Å². The molecule has 1 aromatic heterocycles. The lowest BCUT2D eigenvalue weighted by molar-refractivity contribution is 0.592. The van der Waals surface area contributed by atoms with E-state index in [4.69, 9.17) is 0 Å². The van der Waals surface area contributed by atoms with E-state index in [1.807, 2.05) is 11.3 Å². The zero-order valence-electron chi connectivity index (χ0n) is 8.36. The van der Waals surface area contributed by atoms with Crippen LogP contribution in [-0.4, -0.2) is 12.6 Å². The highest BCUT2D eigenvalue weighted by Gasteiger charge is 2.02. The second kappa shape index (κ2) is 5.13. The van der Waals surface area contributed by atoms with E-state index in [1.165, 1.54) is 14.2 Å². The Morgan fingerprint density at radius 2 is 2.23 bits per heavy atom. The normalized spacial score (nSPS) is 11.2. The lowest BCUT2D eigenvalue weighted by Crippen LogP contribution is -2.24. The number of hydrogen-bond donors (Lipinski definition) is 1. The molecule has 0 aliphatic rings. The average Bonchev–Trinajstić information content (AvgIpc) is 2.30. The molecule has 1 aromatic rings. The molecule has 0 saturated heterocycles. The predicted octanol–water partition coefficient (Wildman–Crippen LogP) is 3.36. The summed E-state index contributed by atoms with van der Waals surface area (Å²) in [6.45, 7) is 7.57. The number of hydrogen-bond acceptors (Lipinski definition) is 2. The Morgan fingerprint density at radius 3 is 2.69 bits per heavy atom. The molecule has 74 valence electrons. The molecule has 0 radical (unpaired) electrons. The molecule has 1 rings (SSSR count). The van der Waals surface area contributed by atoms with Crippen molar-refractivity contribution in [2.45, 2.75) is 33.2 Å². The first-order valence-corrected chi connectivity index (χ1v) is 6.18. The Kier molecular flexibility index (Phi) is 4.42. The van der Waals surface area contributed by atoms with Gasteiger partial charge in [0.2, 0.25) is 0 Å². The van der Waals surface area contributed by atoms with Gasteiger partial charge in [0.05, 0.1) is 0 Å². The van der Waals surface area contributed by atoms with Crippen LogP contribution in [0.1, 0.15) is 23.6 Å². The van der Waals surface area contributed by atoms with Gasteiger partial charge < -0.3 is 5.32 Å². The maximum atomic E-state index is 3.53. The fourth-order valence-electron chi connectivity index (χ4n) is 1.13. The van der Waals surface area contributed by atoms with Crippen LogP contribution in [0.5, 0.6) is 0 Å². The molecule has 1 N–H and O–H groups in total. The van der Waals surface area contributed by atoms with Crippen LogP contribution in [0.15, 0.2) is 10.5 Å². The average molecular weight is 262 g/mol. The fourth-order valence-corrected chi connectivity index (χ4v) is 2.73. The van der Waals surface area contributed by atoms with Crippen LogP contribution in [0.4, 0.5) is 0 Å². The van der Waals surface area contributed by atoms with Gasteiger partial charge in [0, 0.05) is 26.8 Å². The van der Waals surface area contributed by atoms with Crippen LogP contribution in [0.25, 0.3) is 0 Å². The van der Waals surface area contributed by atoms with Gasteiger partial charge in [-0.3, -0.25) is 0 Å². The summed E-state index contributed by atoms with van der Waals surface area (Å²) in [6, 6.07) is 2.81. The highest BCUT2D eigenvalue weighted by atomic mass is 79.9. The molecule has 0 aromatic carbocycles. The summed E-state index contributed by atoms with van der Waals surface area (Å²) in [5.41, 5.74) is 0.